The van der Waals surface area contributed by atoms with Crippen molar-refractivity contribution in [2.45, 2.75) is 12.3 Å². The maximum Gasteiger partial charge on any atom is 0.223 e. The van der Waals surface area contributed by atoms with Crippen LogP contribution >= 0.6 is 12.4 Å². The Morgan fingerprint density at radius 2 is 2.09 bits per heavy atom. The number of ether oxygens (including phenoxy) is 1. The van der Waals surface area contributed by atoms with Crippen molar-refractivity contribution in [3.8, 4) is 0 Å². The van der Waals surface area contributed by atoms with Crippen LogP contribution in [0.15, 0.2) is 18.2 Å². The van der Waals surface area contributed by atoms with Crippen molar-refractivity contribution in [3.05, 3.63) is 35.4 Å². The first-order valence-corrected chi connectivity index (χ1v) is 7.06. The van der Waals surface area contributed by atoms with Crippen molar-refractivity contribution >= 4 is 18.3 Å². The van der Waals surface area contributed by atoms with E-state index in [2.05, 4.69) is 10.6 Å². The molecule has 0 aromatic heterocycles. The highest BCUT2D eigenvalue weighted by Crippen LogP contribution is 2.48. The molecule has 2 rings (SSSR count). The fourth-order valence-electron chi connectivity index (χ4n) is 2.34. The molecule has 0 radical (unpaired) electrons. The minimum atomic E-state index is -0.860. The van der Waals surface area contributed by atoms with Gasteiger partial charge in [0, 0.05) is 32.7 Å². The Morgan fingerprint density at radius 1 is 1.32 bits per heavy atom. The lowest BCUT2D eigenvalue weighted by Gasteiger charge is -2.07. The molecule has 7 heteroatoms. The maximum absolute atomic E-state index is 13.6. The second-order valence-corrected chi connectivity index (χ2v) is 5.13. The monoisotopic (exact) mass is 334 g/mol. The first kappa shape index (κ1) is 18.8. The molecule has 0 heterocycles. The van der Waals surface area contributed by atoms with E-state index >= 15 is 0 Å². The molecule has 0 aliphatic heterocycles. The van der Waals surface area contributed by atoms with Gasteiger partial charge in [0.2, 0.25) is 5.91 Å². The van der Waals surface area contributed by atoms with Crippen LogP contribution in [0.3, 0.4) is 0 Å². The molecule has 2 unspecified atom stereocenters. The number of carbonyl (C=O) groups is 1. The number of nitrogens with one attached hydrogen (secondary N) is 2. The third-order valence-electron chi connectivity index (χ3n) is 3.59. The largest absolute Gasteiger partial charge is 0.383 e. The first-order valence-electron chi connectivity index (χ1n) is 7.06. The van der Waals surface area contributed by atoms with Gasteiger partial charge >= 0.3 is 0 Å². The van der Waals surface area contributed by atoms with Crippen molar-refractivity contribution in [2.75, 3.05) is 33.4 Å². The highest BCUT2D eigenvalue weighted by Gasteiger charge is 2.45. The molecule has 1 aliphatic carbocycles. The summed E-state index contributed by atoms with van der Waals surface area (Å²) in [7, 11) is 1.63. The summed E-state index contributed by atoms with van der Waals surface area (Å²) in [4.78, 5) is 11.9. The van der Waals surface area contributed by atoms with Crippen LogP contribution in [-0.2, 0) is 9.53 Å². The lowest BCUT2D eigenvalue weighted by molar-refractivity contribution is -0.122. The molecule has 124 valence electrons. The highest BCUT2D eigenvalue weighted by atomic mass is 35.5. The topological polar surface area (TPSA) is 50.4 Å². The molecule has 1 amide bonds. The molecule has 4 nitrogen and oxygen atoms in total. The zero-order valence-corrected chi connectivity index (χ0v) is 13.2. The smallest absolute Gasteiger partial charge is 0.223 e. The second kappa shape index (κ2) is 9.02. The number of hydrogen-bond acceptors (Lipinski definition) is 3. The summed E-state index contributed by atoms with van der Waals surface area (Å²) in [5.74, 6) is -2.25. The molecule has 1 fully saturated rings. The number of amides is 1. The molecule has 0 saturated heterocycles. The minimum Gasteiger partial charge on any atom is -0.383 e. The minimum absolute atomic E-state index is 0. The molecule has 1 saturated carbocycles. The highest BCUT2D eigenvalue weighted by molar-refractivity contribution is 5.85. The molecule has 2 N–H and O–H groups in total. The summed E-state index contributed by atoms with van der Waals surface area (Å²) in [5, 5.41) is 5.91. The lowest BCUT2D eigenvalue weighted by Crippen LogP contribution is -2.34. The molecule has 2 atom stereocenters. The standard InChI is InChI=1S/C15H20F2N2O2.ClH/c1-21-8-7-18-5-6-19-15(20)12-9-11(12)10-3-2-4-13(16)14(10)17;/h2-4,11-12,18H,5-9H2,1H3,(H,19,20);1H. The van der Waals surface area contributed by atoms with Crippen LogP contribution in [0.25, 0.3) is 0 Å². The first-order chi connectivity index (χ1) is 10.1. The molecule has 0 spiro atoms. The van der Waals surface area contributed by atoms with Gasteiger partial charge in [-0.2, -0.15) is 0 Å². The van der Waals surface area contributed by atoms with Crippen molar-refractivity contribution in [3.63, 3.8) is 0 Å². The zero-order valence-electron chi connectivity index (χ0n) is 12.4. The van der Waals surface area contributed by atoms with Crippen molar-refractivity contribution in [2.24, 2.45) is 5.92 Å². The normalized spacial score (nSPS) is 19.4. The van der Waals surface area contributed by atoms with Crippen molar-refractivity contribution in [1.82, 2.24) is 10.6 Å². The predicted molar refractivity (Wildman–Crippen MR) is 82.2 cm³/mol. The summed E-state index contributed by atoms with van der Waals surface area (Å²) in [5.41, 5.74) is 0.299. The molecule has 1 aromatic carbocycles. The van der Waals surface area contributed by atoms with Gasteiger partial charge in [0.05, 0.1) is 6.61 Å². The van der Waals surface area contributed by atoms with E-state index < -0.39 is 11.6 Å². The van der Waals surface area contributed by atoms with Gasteiger partial charge < -0.3 is 15.4 Å². The second-order valence-electron chi connectivity index (χ2n) is 5.13. The van der Waals surface area contributed by atoms with E-state index in [-0.39, 0.29) is 30.2 Å². The number of rotatable bonds is 8. The lowest BCUT2D eigenvalue weighted by atomic mass is 10.1. The molecule has 1 aliphatic rings. The van der Waals surface area contributed by atoms with Gasteiger partial charge in [-0.05, 0) is 24.0 Å². The number of methoxy groups -OCH3 is 1. The summed E-state index contributed by atoms with van der Waals surface area (Å²) in [6.07, 6.45) is 0.573. The Morgan fingerprint density at radius 3 is 2.82 bits per heavy atom. The number of halogens is 3. The summed E-state index contributed by atoms with van der Waals surface area (Å²) >= 11 is 0. The fourth-order valence-corrected chi connectivity index (χ4v) is 2.34. The summed E-state index contributed by atoms with van der Waals surface area (Å²) in [6, 6.07) is 4.10. The van der Waals surface area contributed by atoms with Gasteiger partial charge in [-0.25, -0.2) is 8.78 Å². The zero-order chi connectivity index (χ0) is 15.2. The van der Waals surface area contributed by atoms with E-state index in [1.165, 1.54) is 6.07 Å². The van der Waals surface area contributed by atoms with Crippen LogP contribution in [0.5, 0.6) is 0 Å². The van der Waals surface area contributed by atoms with E-state index in [1.807, 2.05) is 0 Å². The Hall–Kier alpha value is -1.24. The van der Waals surface area contributed by atoms with E-state index in [4.69, 9.17) is 4.74 Å². The van der Waals surface area contributed by atoms with Crippen molar-refractivity contribution < 1.29 is 18.3 Å². The number of carbonyl (C=O) groups excluding carboxylic acids is 1. The average molecular weight is 335 g/mol. The third-order valence-corrected chi connectivity index (χ3v) is 3.59. The predicted octanol–water partition coefficient (Wildman–Crippen LogP) is 1.84. The van der Waals surface area contributed by atoms with Gasteiger partial charge in [0.15, 0.2) is 11.6 Å². The average Bonchev–Trinajstić information content (AvgIpc) is 3.26. The van der Waals surface area contributed by atoms with Crippen LogP contribution in [-0.4, -0.2) is 39.3 Å². The van der Waals surface area contributed by atoms with Gasteiger partial charge in [-0.3, -0.25) is 4.79 Å². The van der Waals surface area contributed by atoms with E-state index in [0.29, 0.717) is 31.7 Å². The molecule has 22 heavy (non-hydrogen) atoms. The van der Waals surface area contributed by atoms with Gasteiger partial charge in [0.25, 0.3) is 0 Å². The summed E-state index contributed by atoms with van der Waals surface area (Å²) < 4.78 is 31.7. The summed E-state index contributed by atoms with van der Waals surface area (Å²) in [6.45, 7) is 2.52. The van der Waals surface area contributed by atoms with E-state index in [9.17, 15) is 13.6 Å². The molecule has 0 bridgehead atoms. The van der Waals surface area contributed by atoms with E-state index in [0.717, 1.165) is 12.6 Å². The van der Waals surface area contributed by atoms with Gasteiger partial charge in [0.1, 0.15) is 0 Å². The maximum atomic E-state index is 13.6. The van der Waals surface area contributed by atoms with Crippen LogP contribution in [0.4, 0.5) is 8.78 Å². The van der Waals surface area contributed by atoms with Crippen LogP contribution in [0, 0.1) is 17.6 Å². The fraction of sp³-hybridized carbons (Fsp3) is 0.533. The third kappa shape index (κ3) is 4.90. The van der Waals surface area contributed by atoms with Gasteiger partial charge in [-0.1, -0.05) is 12.1 Å². The molecule has 1 aromatic rings. The Kier molecular flexibility index (Phi) is 7.72. The number of benzene rings is 1. The molecular formula is C15H21ClF2N2O2. The van der Waals surface area contributed by atoms with Crippen molar-refractivity contribution in [1.29, 1.82) is 0 Å². The molecular weight excluding hydrogens is 314 g/mol. The Balaban J connectivity index is 0.00000242. The number of hydrogen-bond donors (Lipinski definition) is 2. The van der Waals surface area contributed by atoms with Crippen LogP contribution in [0.1, 0.15) is 17.9 Å². The Bertz CT molecular complexity index is 502. The quantitative estimate of drug-likeness (QED) is 0.713. The van der Waals surface area contributed by atoms with Crippen LogP contribution in [0.2, 0.25) is 0 Å². The Labute approximate surface area is 135 Å². The van der Waals surface area contributed by atoms with Gasteiger partial charge in [-0.15, -0.1) is 12.4 Å². The SMILES string of the molecule is COCCNCCNC(=O)C1CC1c1cccc(F)c1F.Cl. The van der Waals surface area contributed by atoms with Crippen LogP contribution < -0.4 is 10.6 Å². The van der Waals surface area contributed by atoms with E-state index in [1.54, 1.807) is 13.2 Å².